The molecule has 2 rings (SSSR count). The summed E-state index contributed by atoms with van der Waals surface area (Å²) in [4.78, 5) is 23.2. The number of hydrogen-bond acceptors (Lipinski definition) is 4. The molecule has 1 aliphatic rings. The van der Waals surface area contributed by atoms with Gasteiger partial charge in [0, 0.05) is 30.9 Å². The van der Waals surface area contributed by atoms with Gasteiger partial charge < -0.3 is 4.74 Å². The molecule has 2 unspecified atom stereocenters. The third kappa shape index (κ3) is 1.87. The van der Waals surface area contributed by atoms with E-state index < -0.39 is 0 Å². The fourth-order valence-corrected chi connectivity index (χ4v) is 2.54. The van der Waals surface area contributed by atoms with Crippen molar-refractivity contribution in [2.24, 2.45) is 13.0 Å². The van der Waals surface area contributed by atoms with Gasteiger partial charge >= 0.3 is 0 Å². The van der Waals surface area contributed by atoms with Crippen LogP contribution in [0.1, 0.15) is 30.5 Å². The number of hydrogen-bond donors (Lipinski definition) is 1. The van der Waals surface area contributed by atoms with Crippen molar-refractivity contribution in [3.8, 4) is 5.88 Å². The highest BCUT2D eigenvalue weighted by atomic mass is 16.5. The quantitative estimate of drug-likeness (QED) is 0.777. The molecule has 1 aliphatic heterocycles. The highest BCUT2D eigenvalue weighted by Gasteiger charge is 2.37. The maximum absolute atomic E-state index is 11.7. The molecule has 0 spiro atoms. The van der Waals surface area contributed by atoms with Crippen LogP contribution in [0.25, 0.3) is 0 Å². The topological polar surface area (TPSA) is 73.2 Å². The van der Waals surface area contributed by atoms with Gasteiger partial charge in [-0.1, -0.05) is 6.92 Å². The van der Waals surface area contributed by atoms with Gasteiger partial charge in [0.05, 0.1) is 12.8 Å². The molecule has 1 aromatic rings. The number of methoxy groups -OCH3 is 1. The van der Waals surface area contributed by atoms with Crippen molar-refractivity contribution in [3.05, 3.63) is 11.3 Å². The number of rotatable bonds is 2. The highest BCUT2D eigenvalue weighted by molar-refractivity contribution is 5.99. The van der Waals surface area contributed by atoms with E-state index in [1.165, 1.54) is 0 Å². The molecule has 1 aromatic heterocycles. The molecule has 2 amide bonds. The van der Waals surface area contributed by atoms with E-state index in [0.29, 0.717) is 5.88 Å². The van der Waals surface area contributed by atoms with Gasteiger partial charge in [0.1, 0.15) is 0 Å². The molecular formula is C12H17N3O3. The Bertz CT molecular complexity index is 507. The molecule has 0 saturated carbocycles. The summed E-state index contributed by atoms with van der Waals surface area (Å²) in [6.45, 7) is 3.68. The van der Waals surface area contributed by atoms with Crippen molar-refractivity contribution in [1.82, 2.24) is 15.1 Å². The summed E-state index contributed by atoms with van der Waals surface area (Å²) in [6.07, 6.45) is 0.287. The molecule has 0 bridgehead atoms. The summed E-state index contributed by atoms with van der Waals surface area (Å²) < 4.78 is 6.96. The van der Waals surface area contributed by atoms with Crippen LogP contribution in [0.3, 0.4) is 0 Å². The molecule has 6 nitrogen and oxygen atoms in total. The maximum Gasteiger partial charge on any atom is 0.230 e. The van der Waals surface area contributed by atoms with Crippen molar-refractivity contribution in [3.63, 3.8) is 0 Å². The van der Waals surface area contributed by atoms with Crippen molar-refractivity contribution in [2.45, 2.75) is 26.2 Å². The van der Waals surface area contributed by atoms with Crippen LogP contribution in [0.15, 0.2) is 0 Å². The molecule has 1 fully saturated rings. The first-order valence-corrected chi connectivity index (χ1v) is 5.86. The lowest BCUT2D eigenvalue weighted by atomic mass is 9.81. The van der Waals surface area contributed by atoms with Crippen LogP contribution in [-0.2, 0) is 16.6 Å². The van der Waals surface area contributed by atoms with E-state index >= 15 is 0 Å². The van der Waals surface area contributed by atoms with Gasteiger partial charge in [-0.2, -0.15) is 5.10 Å². The minimum atomic E-state index is -0.264. The zero-order valence-electron chi connectivity index (χ0n) is 11.0. The molecule has 2 heterocycles. The maximum atomic E-state index is 11.7. The Morgan fingerprint density at radius 1 is 1.44 bits per heavy atom. The van der Waals surface area contributed by atoms with E-state index in [9.17, 15) is 9.59 Å². The van der Waals surface area contributed by atoms with Gasteiger partial charge in [-0.05, 0) is 6.92 Å². The van der Waals surface area contributed by atoms with Crippen LogP contribution in [0.2, 0.25) is 0 Å². The summed E-state index contributed by atoms with van der Waals surface area (Å²) in [5, 5.41) is 6.64. The van der Waals surface area contributed by atoms with Gasteiger partial charge in [-0.15, -0.1) is 0 Å². The molecule has 0 radical (unpaired) electrons. The number of imide groups is 1. The van der Waals surface area contributed by atoms with Gasteiger partial charge in [0.15, 0.2) is 0 Å². The summed E-state index contributed by atoms with van der Waals surface area (Å²) in [7, 11) is 3.35. The summed E-state index contributed by atoms with van der Waals surface area (Å²) >= 11 is 0. The fourth-order valence-electron chi connectivity index (χ4n) is 2.54. The van der Waals surface area contributed by atoms with Crippen LogP contribution in [0.5, 0.6) is 5.88 Å². The lowest BCUT2D eigenvalue weighted by Gasteiger charge is -2.27. The number of carbonyl (C=O) groups is 2. The monoisotopic (exact) mass is 251 g/mol. The van der Waals surface area contributed by atoms with Crippen molar-refractivity contribution >= 4 is 11.8 Å². The van der Waals surface area contributed by atoms with Crippen molar-refractivity contribution in [1.29, 1.82) is 0 Å². The van der Waals surface area contributed by atoms with E-state index in [4.69, 9.17) is 4.74 Å². The van der Waals surface area contributed by atoms with Gasteiger partial charge in [-0.25, -0.2) is 4.68 Å². The molecule has 6 heteroatoms. The minimum absolute atomic E-state index is 0.171. The van der Waals surface area contributed by atoms with Gasteiger partial charge in [-0.3, -0.25) is 14.9 Å². The van der Waals surface area contributed by atoms with Crippen molar-refractivity contribution in [2.75, 3.05) is 7.11 Å². The second-order valence-electron chi connectivity index (χ2n) is 4.64. The third-order valence-electron chi connectivity index (χ3n) is 3.46. The van der Waals surface area contributed by atoms with Crippen molar-refractivity contribution < 1.29 is 14.3 Å². The number of nitrogens with one attached hydrogen (secondary N) is 1. The number of carbonyl (C=O) groups excluding carboxylic acids is 2. The van der Waals surface area contributed by atoms with Gasteiger partial charge in [0.25, 0.3) is 0 Å². The molecule has 1 N–H and O–H groups in total. The van der Waals surface area contributed by atoms with E-state index in [2.05, 4.69) is 10.4 Å². The zero-order chi connectivity index (χ0) is 13.4. The molecule has 0 aromatic carbocycles. The van der Waals surface area contributed by atoms with Crippen LogP contribution < -0.4 is 10.1 Å². The Kier molecular flexibility index (Phi) is 3.11. The first kappa shape index (κ1) is 12.6. The number of amides is 2. The van der Waals surface area contributed by atoms with Gasteiger partial charge in [0.2, 0.25) is 17.7 Å². The standard InChI is InChI=1S/C12H17N3O3/c1-6-8(5-9(16)13-11(6)17)10-7(2)14-15(3)12(10)18-4/h6,8H,5H2,1-4H3,(H,13,16,17). The number of nitrogens with zero attached hydrogens (tertiary/aromatic N) is 2. The lowest BCUT2D eigenvalue weighted by molar-refractivity contribution is -0.136. The minimum Gasteiger partial charge on any atom is -0.481 e. The van der Waals surface area contributed by atoms with Crippen LogP contribution in [-0.4, -0.2) is 28.7 Å². The Morgan fingerprint density at radius 2 is 2.11 bits per heavy atom. The first-order valence-electron chi connectivity index (χ1n) is 5.86. The second-order valence-corrected chi connectivity index (χ2v) is 4.64. The molecular weight excluding hydrogens is 234 g/mol. The van der Waals surface area contributed by atoms with E-state index in [0.717, 1.165) is 11.3 Å². The molecule has 18 heavy (non-hydrogen) atoms. The summed E-state index contributed by atoms with van der Waals surface area (Å²) in [5.41, 5.74) is 1.66. The molecule has 0 aliphatic carbocycles. The normalized spacial score (nSPS) is 24.0. The summed E-state index contributed by atoms with van der Waals surface area (Å²) in [6, 6.07) is 0. The number of aromatic nitrogens is 2. The predicted octanol–water partition coefficient (Wildman–Crippen LogP) is 0.503. The Hall–Kier alpha value is -1.85. The number of piperidine rings is 1. The fraction of sp³-hybridized carbons (Fsp3) is 0.583. The average molecular weight is 251 g/mol. The van der Waals surface area contributed by atoms with Crippen LogP contribution >= 0.6 is 0 Å². The average Bonchev–Trinajstić information content (AvgIpc) is 2.58. The molecule has 2 atom stereocenters. The van der Waals surface area contributed by atoms with E-state index in [1.54, 1.807) is 18.8 Å². The Balaban J connectivity index is 2.47. The lowest BCUT2D eigenvalue weighted by Crippen LogP contribution is -2.43. The number of ether oxygens (including phenoxy) is 1. The molecule has 98 valence electrons. The SMILES string of the molecule is COc1c(C2CC(=O)NC(=O)C2C)c(C)nn1C. The summed E-state index contributed by atoms with van der Waals surface area (Å²) in [5.74, 6) is -0.295. The van der Waals surface area contributed by atoms with Crippen LogP contribution in [0, 0.1) is 12.8 Å². The smallest absolute Gasteiger partial charge is 0.230 e. The molecule has 1 saturated heterocycles. The second kappa shape index (κ2) is 4.44. The predicted molar refractivity (Wildman–Crippen MR) is 64.2 cm³/mol. The highest BCUT2D eigenvalue weighted by Crippen LogP contribution is 2.38. The van der Waals surface area contributed by atoms with E-state index in [-0.39, 0.29) is 30.1 Å². The number of aryl methyl sites for hydroxylation is 2. The Labute approximate surface area is 105 Å². The van der Waals surface area contributed by atoms with Crippen LogP contribution in [0.4, 0.5) is 0 Å². The first-order chi connectivity index (χ1) is 8.45. The zero-order valence-corrected chi connectivity index (χ0v) is 11.0. The van der Waals surface area contributed by atoms with E-state index in [1.807, 2.05) is 13.8 Å². The third-order valence-corrected chi connectivity index (χ3v) is 3.46. The Morgan fingerprint density at radius 3 is 2.72 bits per heavy atom. The largest absolute Gasteiger partial charge is 0.481 e.